The zero-order valence-corrected chi connectivity index (χ0v) is 14.0. The van der Waals surface area contributed by atoms with Gasteiger partial charge < -0.3 is 11.1 Å². The Morgan fingerprint density at radius 1 is 1.50 bits per heavy atom. The molecule has 0 bridgehead atoms. The molecule has 1 aliphatic rings. The van der Waals surface area contributed by atoms with Crippen molar-refractivity contribution < 1.29 is 13.2 Å². The van der Waals surface area contributed by atoms with E-state index < -0.39 is 16.1 Å². The van der Waals surface area contributed by atoms with Crippen LogP contribution < -0.4 is 11.1 Å². The predicted molar refractivity (Wildman–Crippen MR) is 88.3 cm³/mol. The summed E-state index contributed by atoms with van der Waals surface area (Å²) in [5.74, 6) is 0.111. The van der Waals surface area contributed by atoms with Crippen molar-refractivity contribution in [2.45, 2.75) is 32.2 Å². The number of carbonyl (C=O) groups is 1. The van der Waals surface area contributed by atoms with Gasteiger partial charge in [0.1, 0.15) is 11.9 Å². The second-order valence-corrected chi connectivity index (χ2v) is 7.09. The Morgan fingerprint density at radius 3 is 2.82 bits per heavy atom. The smallest absolute Gasteiger partial charge is 0.242 e. The topological polar surface area (TPSA) is 105 Å². The molecule has 1 unspecified atom stereocenters. The maximum Gasteiger partial charge on any atom is 0.242 e. The summed E-state index contributed by atoms with van der Waals surface area (Å²) in [6.45, 7) is 2.21. The van der Waals surface area contributed by atoms with Crippen LogP contribution in [0.1, 0.15) is 26.2 Å². The fourth-order valence-corrected chi connectivity index (χ4v) is 4.16. The number of nitrogens with zero attached hydrogens (tertiary/aromatic N) is 2. The van der Waals surface area contributed by atoms with Crippen molar-refractivity contribution in [2.75, 3.05) is 23.3 Å². The summed E-state index contributed by atoms with van der Waals surface area (Å²) < 4.78 is 25.6. The first-order valence-electron chi connectivity index (χ1n) is 6.96. The number of nitrogens with two attached hydrogens (primary N) is 1. The van der Waals surface area contributed by atoms with Gasteiger partial charge in [-0.1, -0.05) is 6.92 Å². The Bertz CT molecular complexity index is 606. The number of nitrogens with one attached hydrogen (secondary N) is 1. The third-order valence-corrected chi connectivity index (χ3v) is 5.46. The molecule has 7 nitrogen and oxygen atoms in total. The van der Waals surface area contributed by atoms with E-state index in [1.165, 1.54) is 10.5 Å². The van der Waals surface area contributed by atoms with Gasteiger partial charge >= 0.3 is 0 Å². The van der Waals surface area contributed by atoms with Crippen molar-refractivity contribution in [1.82, 2.24) is 9.29 Å². The van der Waals surface area contributed by atoms with Crippen molar-refractivity contribution in [1.29, 1.82) is 0 Å². The van der Waals surface area contributed by atoms with Gasteiger partial charge in [0.2, 0.25) is 15.9 Å². The highest BCUT2D eigenvalue weighted by Crippen LogP contribution is 2.23. The summed E-state index contributed by atoms with van der Waals surface area (Å²) >= 11 is 0. The van der Waals surface area contributed by atoms with Crippen LogP contribution in [0.25, 0.3) is 0 Å². The number of rotatable bonds is 5. The van der Waals surface area contributed by atoms with Crippen LogP contribution in [0.3, 0.4) is 0 Å². The predicted octanol–water partition coefficient (Wildman–Crippen LogP) is 1.23. The van der Waals surface area contributed by atoms with E-state index in [4.69, 9.17) is 5.73 Å². The van der Waals surface area contributed by atoms with Gasteiger partial charge in [0.15, 0.2) is 0 Å². The van der Waals surface area contributed by atoms with E-state index in [-0.39, 0.29) is 24.1 Å². The number of pyridine rings is 1. The summed E-state index contributed by atoms with van der Waals surface area (Å²) in [4.78, 5) is 16.2. The fraction of sp³-hybridized carbons (Fsp3) is 0.538. The van der Waals surface area contributed by atoms with Gasteiger partial charge in [0, 0.05) is 6.54 Å². The molecule has 124 valence electrons. The lowest BCUT2D eigenvalue weighted by Gasteiger charge is -2.23. The molecule has 3 N–H and O–H groups in total. The summed E-state index contributed by atoms with van der Waals surface area (Å²) in [5, 5.41) is 2.69. The van der Waals surface area contributed by atoms with Gasteiger partial charge in [-0.3, -0.25) is 4.79 Å². The van der Waals surface area contributed by atoms with E-state index in [1.54, 1.807) is 12.1 Å². The molecule has 1 aromatic rings. The molecule has 9 heteroatoms. The van der Waals surface area contributed by atoms with Crippen LogP contribution in [0.4, 0.5) is 11.5 Å². The molecule has 0 aliphatic carbocycles. The lowest BCUT2D eigenvalue weighted by atomic mass is 10.2. The van der Waals surface area contributed by atoms with Crippen LogP contribution in [-0.4, -0.2) is 42.0 Å². The Kier molecular flexibility index (Phi) is 6.58. The van der Waals surface area contributed by atoms with Crippen molar-refractivity contribution >= 4 is 39.8 Å². The maximum atomic E-state index is 12.3. The average Bonchev–Trinajstić information content (AvgIpc) is 2.91. The van der Waals surface area contributed by atoms with Gasteiger partial charge in [-0.05, 0) is 31.4 Å². The molecule has 1 atom stereocenters. The van der Waals surface area contributed by atoms with Crippen LogP contribution in [0.2, 0.25) is 0 Å². The Morgan fingerprint density at radius 2 is 2.23 bits per heavy atom. The van der Waals surface area contributed by atoms with Crippen LogP contribution >= 0.6 is 12.4 Å². The average molecular weight is 349 g/mol. The molecule has 0 radical (unpaired) electrons. The molecule has 0 spiro atoms. The number of sulfonamides is 1. The minimum atomic E-state index is -3.37. The van der Waals surface area contributed by atoms with E-state index in [2.05, 4.69) is 10.3 Å². The molecule has 0 aromatic carbocycles. The van der Waals surface area contributed by atoms with Crippen molar-refractivity contribution in [3.05, 3.63) is 18.3 Å². The number of hydrogen-bond acceptors (Lipinski definition) is 5. The van der Waals surface area contributed by atoms with Gasteiger partial charge in [-0.15, -0.1) is 12.4 Å². The number of anilines is 2. The monoisotopic (exact) mass is 348 g/mol. The number of halogens is 1. The third kappa shape index (κ3) is 4.31. The molecular formula is C13H21ClN4O3S. The van der Waals surface area contributed by atoms with Gasteiger partial charge in [-0.25, -0.2) is 13.4 Å². The van der Waals surface area contributed by atoms with Gasteiger partial charge in [0.05, 0.1) is 17.6 Å². The number of aromatic nitrogens is 1. The lowest BCUT2D eigenvalue weighted by molar-refractivity contribution is -0.119. The molecule has 0 saturated carbocycles. The Labute approximate surface area is 136 Å². The van der Waals surface area contributed by atoms with E-state index in [1.807, 2.05) is 6.92 Å². The summed E-state index contributed by atoms with van der Waals surface area (Å²) in [7, 11) is -3.37. The molecule has 1 aliphatic heterocycles. The quantitative estimate of drug-likeness (QED) is 0.832. The first-order valence-corrected chi connectivity index (χ1v) is 8.57. The Balaban J connectivity index is 0.00000242. The third-order valence-electron chi connectivity index (χ3n) is 3.38. The van der Waals surface area contributed by atoms with E-state index in [9.17, 15) is 13.2 Å². The molecule has 1 aromatic heterocycles. The highest BCUT2D eigenvalue weighted by molar-refractivity contribution is 7.89. The van der Waals surface area contributed by atoms with E-state index in [0.29, 0.717) is 37.3 Å². The van der Waals surface area contributed by atoms with Crippen LogP contribution in [0, 0.1) is 0 Å². The second kappa shape index (κ2) is 7.75. The minimum absolute atomic E-state index is 0. The largest absolute Gasteiger partial charge is 0.384 e. The zero-order valence-electron chi connectivity index (χ0n) is 12.4. The standard InChI is InChI=1S/C13H20N4O3S.ClH/c1-2-8-21(19,20)17-7-3-4-11(17)13(18)16-10-5-6-12(14)15-9-10;/h5-6,9,11H,2-4,7-8H2,1H3,(H2,14,15)(H,16,18);1H. The SMILES string of the molecule is CCCS(=O)(=O)N1CCCC1C(=O)Nc1ccc(N)nc1.Cl. The van der Waals surface area contributed by atoms with Crippen LogP contribution in [-0.2, 0) is 14.8 Å². The normalized spacial score (nSPS) is 18.7. The molecule has 1 saturated heterocycles. The zero-order chi connectivity index (χ0) is 15.5. The molecule has 22 heavy (non-hydrogen) atoms. The number of carbonyl (C=O) groups excluding carboxylic acids is 1. The lowest BCUT2D eigenvalue weighted by Crippen LogP contribution is -2.44. The van der Waals surface area contributed by atoms with Crippen LogP contribution in [0.15, 0.2) is 18.3 Å². The van der Waals surface area contributed by atoms with Gasteiger partial charge in [0.25, 0.3) is 0 Å². The minimum Gasteiger partial charge on any atom is -0.384 e. The highest BCUT2D eigenvalue weighted by atomic mass is 35.5. The maximum absolute atomic E-state index is 12.3. The van der Waals surface area contributed by atoms with Crippen molar-refractivity contribution in [2.24, 2.45) is 0 Å². The van der Waals surface area contributed by atoms with Crippen molar-refractivity contribution in [3.63, 3.8) is 0 Å². The first-order chi connectivity index (χ1) is 9.94. The fourth-order valence-electron chi connectivity index (χ4n) is 2.42. The molecule has 2 heterocycles. The van der Waals surface area contributed by atoms with E-state index >= 15 is 0 Å². The Hall–Kier alpha value is -1.38. The van der Waals surface area contributed by atoms with Gasteiger partial charge in [-0.2, -0.15) is 4.31 Å². The number of hydrogen-bond donors (Lipinski definition) is 2. The molecule has 1 fully saturated rings. The first kappa shape index (κ1) is 18.7. The molecular weight excluding hydrogens is 328 g/mol. The van der Waals surface area contributed by atoms with Crippen molar-refractivity contribution in [3.8, 4) is 0 Å². The highest BCUT2D eigenvalue weighted by Gasteiger charge is 2.38. The van der Waals surface area contributed by atoms with Crippen LogP contribution in [0.5, 0.6) is 0 Å². The number of amides is 1. The molecule has 2 rings (SSSR count). The second-order valence-electron chi connectivity index (χ2n) is 5.05. The summed E-state index contributed by atoms with van der Waals surface area (Å²) in [6, 6.07) is 2.58. The molecule has 1 amide bonds. The summed E-state index contributed by atoms with van der Waals surface area (Å²) in [5.41, 5.74) is 5.99. The number of nitrogen functional groups attached to an aromatic ring is 1. The van der Waals surface area contributed by atoms with E-state index in [0.717, 1.165) is 0 Å². The summed E-state index contributed by atoms with van der Waals surface area (Å²) in [6.07, 6.45) is 3.22.